The maximum Gasteiger partial charge on any atom is 0.282 e. The van der Waals surface area contributed by atoms with Crippen molar-refractivity contribution in [2.75, 3.05) is 24.6 Å². The zero-order valence-electron chi connectivity index (χ0n) is 9.60. The number of halogens is 1. The van der Waals surface area contributed by atoms with E-state index in [4.69, 9.17) is 5.11 Å². The number of aliphatic hydroxyl groups excluding tert-OH is 1. The van der Waals surface area contributed by atoms with Crippen LogP contribution in [0.15, 0.2) is 18.2 Å². The van der Waals surface area contributed by atoms with Crippen molar-refractivity contribution in [1.29, 1.82) is 0 Å². The zero-order chi connectivity index (χ0) is 12.8. The van der Waals surface area contributed by atoms with E-state index in [-0.39, 0.29) is 17.2 Å². The average Bonchev–Trinajstić information content (AvgIpc) is 2.29. The first-order chi connectivity index (χ1) is 8.10. The third-order valence-corrected chi connectivity index (χ3v) is 3.33. The minimum absolute atomic E-state index is 0.132. The number of benzene rings is 1. The summed E-state index contributed by atoms with van der Waals surface area (Å²) in [5, 5.41) is 19.5. The lowest BCUT2D eigenvalue weighted by Gasteiger charge is -2.22. The van der Waals surface area contributed by atoms with Crippen LogP contribution in [0.5, 0.6) is 0 Å². The molecule has 1 rings (SSSR count). The fraction of sp³-hybridized carbons (Fsp3) is 0.455. The number of anilines is 1. The van der Waals surface area contributed by atoms with Gasteiger partial charge >= 0.3 is 0 Å². The molecular formula is C11H15IN2O3. The number of hydrogen-bond donors (Lipinski definition) is 1. The van der Waals surface area contributed by atoms with Gasteiger partial charge in [-0.05, 0) is 48.1 Å². The first-order valence-corrected chi connectivity index (χ1v) is 6.47. The highest BCUT2D eigenvalue weighted by atomic mass is 127. The molecule has 0 aliphatic carbocycles. The summed E-state index contributed by atoms with van der Waals surface area (Å²) >= 11 is 1.97. The fourth-order valence-corrected chi connectivity index (χ4v) is 2.27. The van der Waals surface area contributed by atoms with Crippen LogP contribution in [-0.4, -0.2) is 29.7 Å². The predicted molar refractivity (Wildman–Crippen MR) is 75.4 cm³/mol. The Balaban J connectivity index is 2.90. The minimum Gasteiger partial charge on any atom is -0.396 e. The van der Waals surface area contributed by atoms with Crippen molar-refractivity contribution in [3.63, 3.8) is 0 Å². The van der Waals surface area contributed by atoms with Crippen LogP contribution in [0.3, 0.4) is 0 Å². The maximum atomic E-state index is 10.7. The number of nitro benzene ring substituents is 1. The molecule has 0 heterocycles. The monoisotopic (exact) mass is 350 g/mol. The standard InChI is InChI=1S/C11H15IN2O3/c1-2-13(6-3-7-15)9-4-5-11(14(16)17)10(12)8-9/h4-5,8,15H,2-3,6-7H2,1H3. The lowest BCUT2D eigenvalue weighted by Crippen LogP contribution is -2.24. The molecule has 0 aliphatic heterocycles. The van der Waals surface area contributed by atoms with Crippen LogP contribution < -0.4 is 4.90 Å². The van der Waals surface area contributed by atoms with Crippen LogP contribution in [0.2, 0.25) is 0 Å². The first kappa shape index (κ1) is 14.2. The largest absolute Gasteiger partial charge is 0.396 e. The van der Waals surface area contributed by atoms with Crippen molar-refractivity contribution in [3.8, 4) is 0 Å². The molecule has 0 spiro atoms. The molecule has 0 saturated heterocycles. The molecule has 0 unspecified atom stereocenters. The van der Waals surface area contributed by atoms with Crippen LogP contribution in [0.4, 0.5) is 11.4 Å². The molecule has 1 aromatic rings. The van der Waals surface area contributed by atoms with Crippen LogP contribution in [-0.2, 0) is 0 Å². The molecule has 0 radical (unpaired) electrons. The molecule has 1 N–H and O–H groups in total. The quantitative estimate of drug-likeness (QED) is 0.486. The second-order valence-electron chi connectivity index (χ2n) is 3.55. The summed E-state index contributed by atoms with van der Waals surface area (Å²) in [5.41, 5.74) is 1.09. The highest BCUT2D eigenvalue weighted by Gasteiger charge is 2.13. The highest BCUT2D eigenvalue weighted by Crippen LogP contribution is 2.26. The van der Waals surface area contributed by atoms with E-state index in [1.54, 1.807) is 12.1 Å². The molecule has 94 valence electrons. The Morgan fingerprint density at radius 3 is 2.71 bits per heavy atom. The number of hydrogen-bond acceptors (Lipinski definition) is 4. The fourth-order valence-electron chi connectivity index (χ4n) is 1.57. The molecule has 5 nitrogen and oxygen atoms in total. The van der Waals surface area contributed by atoms with Crippen LogP contribution in [0.25, 0.3) is 0 Å². The van der Waals surface area contributed by atoms with Gasteiger partial charge < -0.3 is 10.0 Å². The molecule has 6 heteroatoms. The Morgan fingerprint density at radius 2 is 2.24 bits per heavy atom. The number of rotatable bonds is 6. The van der Waals surface area contributed by atoms with E-state index < -0.39 is 0 Å². The summed E-state index contributed by atoms with van der Waals surface area (Å²) < 4.78 is 0.632. The molecule has 0 aliphatic rings. The van der Waals surface area contributed by atoms with Crippen molar-refractivity contribution in [1.82, 2.24) is 0 Å². The van der Waals surface area contributed by atoms with Gasteiger partial charge in [0.25, 0.3) is 5.69 Å². The number of aliphatic hydroxyl groups is 1. The minimum atomic E-state index is -0.379. The summed E-state index contributed by atoms with van der Waals surface area (Å²) in [6.45, 7) is 3.74. The zero-order valence-corrected chi connectivity index (χ0v) is 11.8. The summed E-state index contributed by atoms with van der Waals surface area (Å²) in [6, 6.07) is 5.08. The van der Waals surface area contributed by atoms with Gasteiger partial charge in [0.15, 0.2) is 0 Å². The summed E-state index contributed by atoms with van der Waals surface area (Å²) in [5.74, 6) is 0. The Hall–Kier alpha value is -0.890. The molecule has 0 atom stereocenters. The lowest BCUT2D eigenvalue weighted by atomic mass is 10.2. The van der Waals surface area contributed by atoms with Gasteiger partial charge in [-0.3, -0.25) is 10.1 Å². The van der Waals surface area contributed by atoms with E-state index in [1.165, 1.54) is 6.07 Å². The maximum absolute atomic E-state index is 10.7. The Bertz CT molecular complexity index is 398. The van der Waals surface area contributed by atoms with Gasteiger partial charge in [-0.2, -0.15) is 0 Å². The topological polar surface area (TPSA) is 66.6 Å². The summed E-state index contributed by atoms with van der Waals surface area (Å²) in [7, 11) is 0. The van der Waals surface area contributed by atoms with Gasteiger partial charge in [0.05, 0.1) is 8.49 Å². The molecule has 1 aromatic carbocycles. The third-order valence-electron chi connectivity index (χ3n) is 2.46. The normalized spacial score (nSPS) is 10.3. The molecule has 0 bridgehead atoms. The Morgan fingerprint density at radius 1 is 1.53 bits per heavy atom. The van der Waals surface area contributed by atoms with E-state index in [1.807, 2.05) is 29.5 Å². The second kappa shape index (κ2) is 6.75. The molecular weight excluding hydrogens is 335 g/mol. The molecule has 0 aromatic heterocycles. The smallest absolute Gasteiger partial charge is 0.282 e. The first-order valence-electron chi connectivity index (χ1n) is 5.40. The van der Waals surface area contributed by atoms with Gasteiger partial charge in [-0.25, -0.2) is 0 Å². The molecule has 0 saturated carbocycles. The van der Waals surface area contributed by atoms with Crippen LogP contribution in [0.1, 0.15) is 13.3 Å². The van der Waals surface area contributed by atoms with E-state index in [9.17, 15) is 10.1 Å². The van der Waals surface area contributed by atoms with Gasteiger partial charge in [-0.1, -0.05) is 0 Å². The van der Waals surface area contributed by atoms with Crippen molar-refractivity contribution in [2.45, 2.75) is 13.3 Å². The molecule has 17 heavy (non-hydrogen) atoms. The van der Waals surface area contributed by atoms with E-state index >= 15 is 0 Å². The van der Waals surface area contributed by atoms with E-state index in [0.717, 1.165) is 18.8 Å². The summed E-state index contributed by atoms with van der Waals surface area (Å²) in [6.07, 6.45) is 0.696. The van der Waals surface area contributed by atoms with Gasteiger partial charge in [0.1, 0.15) is 0 Å². The highest BCUT2D eigenvalue weighted by molar-refractivity contribution is 14.1. The predicted octanol–water partition coefficient (Wildman–Crippen LogP) is 2.41. The second-order valence-corrected chi connectivity index (χ2v) is 4.71. The van der Waals surface area contributed by atoms with Crippen molar-refractivity contribution in [3.05, 3.63) is 31.9 Å². The number of nitrogens with zero attached hydrogens (tertiary/aromatic N) is 2. The Labute approximate surface area is 114 Å². The van der Waals surface area contributed by atoms with Crippen molar-refractivity contribution in [2.24, 2.45) is 0 Å². The molecule has 0 amide bonds. The summed E-state index contributed by atoms with van der Waals surface area (Å²) in [4.78, 5) is 12.4. The Kier molecular flexibility index (Phi) is 5.63. The van der Waals surface area contributed by atoms with Crippen LogP contribution in [0, 0.1) is 13.7 Å². The van der Waals surface area contributed by atoms with Gasteiger partial charge in [0, 0.05) is 31.5 Å². The third kappa shape index (κ3) is 3.81. The van der Waals surface area contributed by atoms with Gasteiger partial charge in [0.2, 0.25) is 0 Å². The SMILES string of the molecule is CCN(CCCO)c1ccc([N+](=O)[O-])c(I)c1. The van der Waals surface area contributed by atoms with Gasteiger partial charge in [-0.15, -0.1) is 0 Å². The average molecular weight is 350 g/mol. The van der Waals surface area contributed by atoms with Crippen molar-refractivity contribution < 1.29 is 10.0 Å². The number of nitro groups is 1. The van der Waals surface area contributed by atoms with Crippen LogP contribution >= 0.6 is 22.6 Å². The van der Waals surface area contributed by atoms with E-state index in [2.05, 4.69) is 4.90 Å². The van der Waals surface area contributed by atoms with Crippen molar-refractivity contribution >= 4 is 34.0 Å². The molecule has 0 fully saturated rings. The van der Waals surface area contributed by atoms with E-state index in [0.29, 0.717) is 9.99 Å². The lowest BCUT2D eigenvalue weighted by molar-refractivity contribution is -0.385.